The summed E-state index contributed by atoms with van der Waals surface area (Å²) in [4.78, 5) is 35.8. The number of aliphatic carboxylic acids is 1. The number of hydrogen-bond donors (Lipinski definition) is 2. The van der Waals surface area contributed by atoms with Crippen molar-refractivity contribution in [3.63, 3.8) is 0 Å². The molecule has 0 fully saturated rings. The lowest BCUT2D eigenvalue weighted by atomic mass is 9.85. The molecule has 0 aliphatic carbocycles. The average molecular weight is 286 g/mol. The Kier molecular flexibility index (Phi) is 7.87. The fourth-order valence-electron chi connectivity index (χ4n) is 2.01. The fraction of sp³-hybridized carbons (Fsp3) is 0.786. The molecule has 0 bridgehead atoms. The quantitative estimate of drug-likeness (QED) is 0.668. The molecule has 0 unspecified atom stereocenters. The summed E-state index contributed by atoms with van der Waals surface area (Å²) in [6.45, 7) is 8.91. The van der Waals surface area contributed by atoms with Gasteiger partial charge in [-0.1, -0.05) is 13.8 Å². The van der Waals surface area contributed by atoms with Crippen molar-refractivity contribution in [2.24, 2.45) is 5.41 Å². The van der Waals surface area contributed by atoms with Crippen molar-refractivity contribution >= 4 is 17.8 Å². The summed E-state index contributed by atoms with van der Waals surface area (Å²) < 4.78 is 0. The third-order valence-electron chi connectivity index (χ3n) is 3.05. The van der Waals surface area contributed by atoms with Crippen molar-refractivity contribution in [3.8, 4) is 0 Å². The molecule has 0 saturated carbocycles. The van der Waals surface area contributed by atoms with Crippen LogP contribution < -0.4 is 5.32 Å². The molecule has 0 spiro atoms. The number of carbonyl (C=O) groups excluding carboxylic acids is 2. The lowest BCUT2D eigenvalue weighted by molar-refractivity contribution is -0.139. The third kappa shape index (κ3) is 7.76. The largest absolute Gasteiger partial charge is 0.481 e. The number of rotatable bonds is 9. The van der Waals surface area contributed by atoms with E-state index in [-0.39, 0.29) is 37.6 Å². The zero-order chi connectivity index (χ0) is 15.8. The average Bonchev–Trinajstić information content (AvgIpc) is 2.27. The van der Waals surface area contributed by atoms with Gasteiger partial charge in [0.1, 0.15) is 0 Å². The van der Waals surface area contributed by atoms with Gasteiger partial charge in [-0.2, -0.15) is 0 Å². The summed E-state index contributed by atoms with van der Waals surface area (Å²) in [5.74, 6) is -1.12. The SMILES string of the molecule is CCN(CC)C(=O)CCNC(=O)CC(C)(C)CC(=O)O. The van der Waals surface area contributed by atoms with Crippen molar-refractivity contribution in [2.75, 3.05) is 19.6 Å². The molecule has 2 amide bonds. The van der Waals surface area contributed by atoms with Crippen LogP contribution in [0.15, 0.2) is 0 Å². The Morgan fingerprint density at radius 1 is 1.10 bits per heavy atom. The number of carboxylic acids is 1. The molecule has 6 nitrogen and oxygen atoms in total. The highest BCUT2D eigenvalue weighted by molar-refractivity contribution is 5.80. The topological polar surface area (TPSA) is 86.7 Å². The number of hydrogen-bond acceptors (Lipinski definition) is 3. The second-order valence-electron chi connectivity index (χ2n) is 5.58. The van der Waals surface area contributed by atoms with E-state index < -0.39 is 11.4 Å². The molecule has 2 N–H and O–H groups in total. The van der Waals surface area contributed by atoms with Gasteiger partial charge < -0.3 is 15.3 Å². The normalized spacial score (nSPS) is 11.0. The van der Waals surface area contributed by atoms with Gasteiger partial charge in [0.15, 0.2) is 0 Å². The van der Waals surface area contributed by atoms with Crippen LogP contribution in [-0.2, 0) is 14.4 Å². The predicted octanol–water partition coefficient (Wildman–Crippen LogP) is 1.25. The molecule has 0 radical (unpaired) electrons. The van der Waals surface area contributed by atoms with Gasteiger partial charge >= 0.3 is 5.97 Å². The number of nitrogens with zero attached hydrogens (tertiary/aromatic N) is 1. The first kappa shape index (κ1) is 18.4. The van der Waals surface area contributed by atoms with Crippen LogP contribution >= 0.6 is 0 Å². The lowest BCUT2D eigenvalue weighted by Crippen LogP contribution is -2.35. The van der Waals surface area contributed by atoms with Gasteiger partial charge in [-0.3, -0.25) is 14.4 Å². The summed E-state index contributed by atoms with van der Waals surface area (Å²) in [7, 11) is 0. The standard InChI is InChI=1S/C14H26N2O4/c1-5-16(6-2)12(18)7-8-15-11(17)9-14(3,4)10-13(19)20/h5-10H2,1-4H3,(H,15,17)(H,19,20). The Morgan fingerprint density at radius 2 is 1.65 bits per heavy atom. The molecule has 0 atom stereocenters. The van der Waals surface area contributed by atoms with E-state index in [1.165, 1.54) is 0 Å². The van der Waals surface area contributed by atoms with Crippen LogP contribution in [-0.4, -0.2) is 47.4 Å². The van der Waals surface area contributed by atoms with E-state index in [1.54, 1.807) is 18.7 Å². The molecular formula is C14H26N2O4. The van der Waals surface area contributed by atoms with E-state index in [9.17, 15) is 14.4 Å². The van der Waals surface area contributed by atoms with E-state index in [0.29, 0.717) is 13.1 Å². The summed E-state index contributed by atoms with van der Waals surface area (Å²) in [6.07, 6.45) is 0.352. The van der Waals surface area contributed by atoms with Gasteiger partial charge in [0, 0.05) is 32.5 Å². The molecule has 6 heteroatoms. The first-order chi connectivity index (χ1) is 9.21. The van der Waals surface area contributed by atoms with E-state index in [0.717, 1.165) is 0 Å². The molecule has 0 aliphatic rings. The monoisotopic (exact) mass is 286 g/mol. The van der Waals surface area contributed by atoms with Gasteiger partial charge in [-0.25, -0.2) is 0 Å². The Balaban J connectivity index is 4.06. The molecule has 20 heavy (non-hydrogen) atoms. The Bertz CT molecular complexity index is 349. The maximum absolute atomic E-state index is 11.7. The maximum Gasteiger partial charge on any atom is 0.303 e. The van der Waals surface area contributed by atoms with Crippen LogP contribution in [0.1, 0.15) is 47.0 Å². The maximum atomic E-state index is 11.7. The summed E-state index contributed by atoms with van der Waals surface area (Å²) in [5.41, 5.74) is -0.585. The molecular weight excluding hydrogens is 260 g/mol. The smallest absolute Gasteiger partial charge is 0.303 e. The second kappa shape index (κ2) is 8.55. The Morgan fingerprint density at radius 3 is 2.10 bits per heavy atom. The van der Waals surface area contributed by atoms with Crippen LogP contribution in [0.2, 0.25) is 0 Å². The number of carboxylic acid groups (broad SMARTS) is 1. The van der Waals surface area contributed by atoms with Crippen LogP contribution in [0.25, 0.3) is 0 Å². The molecule has 116 valence electrons. The van der Waals surface area contributed by atoms with Crippen LogP contribution in [0.4, 0.5) is 0 Å². The molecule has 0 rings (SSSR count). The van der Waals surface area contributed by atoms with E-state index in [4.69, 9.17) is 5.11 Å². The van der Waals surface area contributed by atoms with Crippen molar-refractivity contribution in [3.05, 3.63) is 0 Å². The Hall–Kier alpha value is -1.59. The first-order valence-corrected chi connectivity index (χ1v) is 6.98. The highest BCUT2D eigenvalue weighted by Gasteiger charge is 2.25. The molecule has 0 aromatic heterocycles. The van der Waals surface area contributed by atoms with Crippen molar-refractivity contribution in [2.45, 2.75) is 47.0 Å². The van der Waals surface area contributed by atoms with Gasteiger partial charge in [0.25, 0.3) is 0 Å². The first-order valence-electron chi connectivity index (χ1n) is 6.98. The summed E-state index contributed by atoms with van der Waals surface area (Å²) >= 11 is 0. The second-order valence-corrected chi connectivity index (χ2v) is 5.58. The van der Waals surface area contributed by atoms with Crippen molar-refractivity contribution in [1.29, 1.82) is 0 Å². The minimum atomic E-state index is -0.917. The lowest BCUT2D eigenvalue weighted by Gasteiger charge is -2.22. The molecule has 0 aliphatic heterocycles. The summed E-state index contributed by atoms with van der Waals surface area (Å²) in [5, 5.41) is 11.4. The zero-order valence-electron chi connectivity index (χ0n) is 12.9. The highest BCUT2D eigenvalue weighted by atomic mass is 16.4. The number of carbonyl (C=O) groups is 3. The van der Waals surface area contributed by atoms with E-state index in [2.05, 4.69) is 5.32 Å². The minimum absolute atomic E-state index is 0.0140. The summed E-state index contributed by atoms with van der Waals surface area (Å²) in [6, 6.07) is 0. The highest BCUT2D eigenvalue weighted by Crippen LogP contribution is 2.24. The number of nitrogens with one attached hydrogen (secondary N) is 1. The zero-order valence-corrected chi connectivity index (χ0v) is 12.9. The van der Waals surface area contributed by atoms with Gasteiger partial charge in [-0.05, 0) is 19.3 Å². The van der Waals surface area contributed by atoms with Crippen molar-refractivity contribution in [1.82, 2.24) is 10.2 Å². The Labute approximate surface area is 120 Å². The van der Waals surface area contributed by atoms with Crippen LogP contribution in [0, 0.1) is 5.41 Å². The van der Waals surface area contributed by atoms with Crippen molar-refractivity contribution < 1.29 is 19.5 Å². The van der Waals surface area contributed by atoms with E-state index >= 15 is 0 Å². The molecule has 0 aromatic rings. The molecule has 0 heterocycles. The number of amides is 2. The minimum Gasteiger partial charge on any atom is -0.481 e. The van der Waals surface area contributed by atoms with Crippen LogP contribution in [0.3, 0.4) is 0 Å². The van der Waals surface area contributed by atoms with Gasteiger partial charge in [-0.15, -0.1) is 0 Å². The molecule has 0 saturated heterocycles. The van der Waals surface area contributed by atoms with Gasteiger partial charge in [0.05, 0.1) is 6.42 Å². The predicted molar refractivity (Wildman–Crippen MR) is 76.2 cm³/mol. The van der Waals surface area contributed by atoms with Crippen LogP contribution in [0.5, 0.6) is 0 Å². The fourth-order valence-corrected chi connectivity index (χ4v) is 2.01. The third-order valence-corrected chi connectivity index (χ3v) is 3.05. The van der Waals surface area contributed by atoms with Gasteiger partial charge in [0.2, 0.25) is 11.8 Å². The van der Waals surface area contributed by atoms with E-state index in [1.807, 2.05) is 13.8 Å². The molecule has 0 aromatic carbocycles.